The highest BCUT2D eigenvalue weighted by atomic mass is 35.5. The van der Waals surface area contributed by atoms with Gasteiger partial charge in [0.25, 0.3) is 0 Å². The Balaban J connectivity index is 1.29. The van der Waals surface area contributed by atoms with Crippen molar-refractivity contribution < 1.29 is 14.0 Å². The van der Waals surface area contributed by atoms with Gasteiger partial charge in [0, 0.05) is 16.1 Å². The van der Waals surface area contributed by atoms with Gasteiger partial charge in [-0.05, 0) is 54.1 Å². The number of nitrogens with zero attached hydrogens (tertiary/aromatic N) is 1. The van der Waals surface area contributed by atoms with Gasteiger partial charge in [-0.25, -0.2) is 4.39 Å². The number of piperidine rings is 1. The average Bonchev–Trinajstić information content (AvgIpc) is 3.29. The molecule has 1 unspecified atom stereocenters. The minimum atomic E-state index is -0.441. The molecule has 1 spiro atoms. The molecular formula is C27H26ClFN3O+. The fraction of sp³-hybridized carbons (Fsp3) is 0.259. The number of quaternary nitrogens is 1. The first-order valence-electron chi connectivity index (χ1n) is 11.5. The highest BCUT2D eigenvalue weighted by Gasteiger charge is 2.52. The van der Waals surface area contributed by atoms with Crippen molar-refractivity contribution in [3.05, 3.63) is 106 Å². The van der Waals surface area contributed by atoms with Gasteiger partial charge in [-0.15, -0.1) is 0 Å². The molecule has 0 radical (unpaired) electrons. The lowest BCUT2D eigenvalue weighted by Gasteiger charge is -2.50. The van der Waals surface area contributed by atoms with Crippen LogP contribution in [0.2, 0.25) is 5.02 Å². The van der Waals surface area contributed by atoms with Gasteiger partial charge >= 0.3 is 0 Å². The van der Waals surface area contributed by atoms with Crippen molar-refractivity contribution in [2.45, 2.75) is 31.2 Å². The van der Waals surface area contributed by atoms with Crippen LogP contribution in [-0.4, -0.2) is 23.8 Å². The zero-order chi connectivity index (χ0) is 22.4. The topological polar surface area (TPSA) is 28.9 Å². The molecule has 1 fully saturated rings. The summed E-state index contributed by atoms with van der Waals surface area (Å²) < 4.78 is 20.2. The van der Waals surface area contributed by atoms with Gasteiger partial charge in [-0.1, -0.05) is 41.9 Å². The summed E-state index contributed by atoms with van der Waals surface area (Å²) in [5, 5.41) is 2.95. The molecule has 0 amide bonds. The van der Waals surface area contributed by atoms with Crippen LogP contribution in [0.25, 0.3) is 5.70 Å². The van der Waals surface area contributed by atoms with Gasteiger partial charge < -0.3 is 15.1 Å². The lowest BCUT2D eigenvalue weighted by molar-refractivity contribution is -0.921. The molecule has 0 bridgehead atoms. The number of rotatable bonds is 3. The third-order valence-electron chi connectivity index (χ3n) is 7.06. The van der Waals surface area contributed by atoms with Crippen LogP contribution in [0.15, 0.2) is 78.9 Å². The zero-order valence-corrected chi connectivity index (χ0v) is 19.0. The smallest absolute Gasteiger partial charge is 0.191 e. The number of likely N-dealkylation sites (tertiary alicyclic amines) is 1. The third-order valence-corrected chi connectivity index (χ3v) is 7.30. The van der Waals surface area contributed by atoms with E-state index < -0.39 is 5.72 Å². The van der Waals surface area contributed by atoms with Crippen LogP contribution in [-0.2, 0) is 6.54 Å². The molecule has 1 atom stereocenters. The van der Waals surface area contributed by atoms with Gasteiger partial charge in [0.15, 0.2) is 5.72 Å². The van der Waals surface area contributed by atoms with E-state index in [2.05, 4.69) is 46.8 Å². The fourth-order valence-electron chi connectivity index (χ4n) is 5.34. The van der Waals surface area contributed by atoms with Crippen molar-refractivity contribution in [2.24, 2.45) is 0 Å². The van der Waals surface area contributed by atoms with E-state index in [1.807, 2.05) is 30.3 Å². The molecule has 6 rings (SSSR count). The Morgan fingerprint density at radius 1 is 1.03 bits per heavy atom. The van der Waals surface area contributed by atoms with E-state index in [1.54, 1.807) is 4.90 Å². The highest BCUT2D eigenvalue weighted by molar-refractivity contribution is 6.30. The van der Waals surface area contributed by atoms with Crippen molar-refractivity contribution in [2.75, 3.05) is 13.1 Å². The summed E-state index contributed by atoms with van der Waals surface area (Å²) in [6.07, 6.45) is 4.02. The molecule has 3 aliphatic rings. The van der Waals surface area contributed by atoms with E-state index in [9.17, 15) is 4.39 Å². The van der Waals surface area contributed by atoms with E-state index in [0.717, 1.165) is 55.0 Å². The second-order valence-corrected chi connectivity index (χ2v) is 9.59. The summed E-state index contributed by atoms with van der Waals surface area (Å²) in [5.41, 5.74) is 7.51. The van der Waals surface area contributed by atoms with Gasteiger partial charge in [0.05, 0.1) is 37.7 Å². The number of nitrogens with one attached hydrogen (secondary N) is 2. The third kappa shape index (κ3) is 3.80. The first-order chi connectivity index (χ1) is 16.1. The standard InChI is InChI=1S/C27H25ClFN3O/c28-21-8-11-26-23(16-21)25-17-24(20-6-9-22(29)10-7-20)30-32(25)27(33-26)12-14-31(15-13-27)18-19-4-2-1-3-5-19/h1-11,16-17,25,30H,12-15,18H2/p+1. The van der Waals surface area contributed by atoms with Crippen LogP contribution in [0.3, 0.4) is 0 Å². The number of ether oxygens (including phenoxy) is 1. The highest BCUT2D eigenvalue weighted by Crippen LogP contribution is 2.48. The summed E-state index contributed by atoms with van der Waals surface area (Å²) in [6.45, 7) is 3.07. The molecule has 0 aliphatic carbocycles. The number of fused-ring (bicyclic) bond motifs is 4. The Bertz CT molecular complexity index is 1190. The Kier molecular flexibility index (Phi) is 5.13. The first-order valence-corrected chi connectivity index (χ1v) is 11.9. The molecule has 0 saturated carbocycles. The number of benzene rings is 3. The molecule has 33 heavy (non-hydrogen) atoms. The summed E-state index contributed by atoms with van der Waals surface area (Å²) in [7, 11) is 0. The zero-order valence-electron chi connectivity index (χ0n) is 18.2. The lowest BCUT2D eigenvalue weighted by atomic mass is 9.92. The van der Waals surface area contributed by atoms with Gasteiger partial charge in [0.1, 0.15) is 18.1 Å². The molecule has 6 heteroatoms. The van der Waals surface area contributed by atoms with Crippen LogP contribution >= 0.6 is 11.6 Å². The van der Waals surface area contributed by atoms with E-state index in [-0.39, 0.29) is 11.9 Å². The Morgan fingerprint density at radius 2 is 1.79 bits per heavy atom. The van der Waals surface area contributed by atoms with E-state index in [1.165, 1.54) is 17.7 Å². The second-order valence-electron chi connectivity index (χ2n) is 9.16. The molecular weight excluding hydrogens is 437 g/mol. The van der Waals surface area contributed by atoms with Crippen LogP contribution in [0.4, 0.5) is 4.39 Å². The van der Waals surface area contributed by atoms with Crippen molar-refractivity contribution in [3.8, 4) is 5.75 Å². The molecule has 168 valence electrons. The van der Waals surface area contributed by atoms with Gasteiger partial charge in [-0.2, -0.15) is 5.01 Å². The number of hydrazine groups is 1. The van der Waals surface area contributed by atoms with Crippen LogP contribution < -0.4 is 15.1 Å². The molecule has 1 saturated heterocycles. The number of halogens is 2. The predicted molar refractivity (Wildman–Crippen MR) is 127 cm³/mol. The quantitative estimate of drug-likeness (QED) is 0.606. The van der Waals surface area contributed by atoms with Gasteiger partial charge in [0.2, 0.25) is 0 Å². The Hall–Kier alpha value is -2.86. The van der Waals surface area contributed by atoms with Crippen molar-refractivity contribution >= 4 is 17.3 Å². The van der Waals surface area contributed by atoms with Crippen LogP contribution in [0.5, 0.6) is 5.75 Å². The molecule has 2 N–H and O–H groups in total. The molecule has 3 aromatic carbocycles. The maximum Gasteiger partial charge on any atom is 0.191 e. The first kappa shape index (κ1) is 20.7. The number of hydrogen-bond acceptors (Lipinski definition) is 3. The summed E-state index contributed by atoms with van der Waals surface area (Å²) in [4.78, 5) is 1.57. The van der Waals surface area contributed by atoms with E-state index in [0.29, 0.717) is 5.02 Å². The summed E-state index contributed by atoms with van der Waals surface area (Å²) >= 11 is 6.35. The largest absolute Gasteiger partial charge is 0.470 e. The normalized spacial score (nSPS) is 26.2. The SMILES string of the molecule is Fc1ccc(C2=CC3c4cc(Cl)ccc4OC4(CC[NH+](Cc5ccccc5)CC4)N3N2)cc1. The van der Waals surface area contributed by atoms with Gasteiger partial charge in [-0.3, -0.25) is 0 Å². The van der Waals surface area contributed by atoms with E-state index in [4.69, 9.17) is 16.3 Å². The van der Waals surface area contributed by atoms with Crippen molar-refractivity contribution in [3.63, 3.8) is 0 Å². The monoisotopic (exact) mass is 462 g/mol. The predicted octanol–water partition coefficient (Wildman–Crippen LogP) is 4.35. The maximum atomic E-state index is 13.5. The second kappa shape index (κ2) is 8.17. The minimum absolute atomic E-state index is 0.00294. The lowest BCUT2D eigenvalue weighted by Crippen LogP contribution is -3.12. The molecule has 0 aromatic heterocycles. The maximum absolute atomic E-state index is 13.5. The average molecular weight is 463 g/mol. The summed E-state index contributed by atoms with van der Waals surface area (Å²) in [5.74, 6) is 0.659. The molecule has 3 aliphatic heterocycles. The van der Waals surface area contributed by atoms with Crippen LogP contribution in [0.1, 0.15) is 35.6 Å². The fourth-order valence-corrected chi connectivity index (χ4v) is 5.52. The number of hydrogen-bond donors (Lipinski definition) is 2. The Labute approximate surface area is 198 Å². The molecule has 3 aromatic rings. The van der Waals surface area contributed by atoms with Crippen molar-refractivity contribution in [1.82, 2.24) is 10.4 Å². The Morgan fingerprint density at radius 3 is 2.55 bits per heavy atom. The van der Waals surface area contributed by atoms with Crippen molar-refractivity contribution in [1.29, 1.82) is 0 Å². The van der Waals surface area contributed by atoms with Crippen LogP contribution in [0, 0.1) is 5.82 Å². The molecule has 4 nitrogen and oxygen atoms in total. The molecule has 3 heterocycles. The minimum Gasteiger partial charge on any atom is -0.470 e. The summed E-state index contributed by atoms with van der Waals surface area (Å²) in [6, 6.07) is 23.2. The van der Waals surface area contributed by atoms with E-state index >= 15 is 0 Å².